The molecule has 3 N–H and O–H groups in total. The molecule has 0 radical (unpaired) electrons. The van der Waals surface area contributed by atoms with Crippen molar-refractivity contribution in [3.05, 3.63) is 51.4 Å². The highest BCUT2D eigenvalue weighted by Crippen LogP contribution is 2.17. The first-order valence-corrected chi connectivity index (χ1v) is 9.30. The number of non-ortho nitro benzene ring substituents is 1. The SMILES string of the molecule is O=C(O)c1cnc(Cl)nc1NCCCNS(=O)(=O)c1cccc([N+](=O)[O-])c1. The molecule has 2 aromatic rings. The van der Waals surface area contributed by atoms with Gasteiger partial charge in [0.05, 0.1) is 9.82 Å². The van der Waals surface area contributed by atoms with E-state index in [0.717, 1.165) is 12.3 Å². The number of hydrogen-bond acceptors (Lipinski definition) is 8. The quantitative estimate of drug-likeness (QED) is 0.238. The van der Waals surface area contributed by atoms with Crippen LogP contribution >= 0.6 is 11.6 Å². The van der Waals surface area contributed by atoms with Crippen LogP contribution in [0.3, 0.4) is 0 Å². The van der Waals surface area contributed by atoms with Crippen molar-refractivity contribution in [2.24, 2.45) is 0 Å². The fourth-order valence-electron chi connectivity index (χ4n) is 2.00. The van der Waals surface area contributed by atoms with E-state index in [2.05, 4.69) is 20.0 Å². The van der Waals surface area contributed by atoms with Gasteiger partial charge in [0.15, 0.2) is 0 Å². The second-order valence-electron chi connectivity index (χ2n) is 5.14. The Kier molecular flexibility index (Phi) is 6.60. The minimum absolute atomic E-state index is 0.0131. The minimum atomic E-state index is -3.91. The zero-order valence-electron chi connectivity index (χ0n) is 13.6. The van der Waals surface area contributed by atoms with Crippen LogP contribution in [0.2, 0.25) is 5.28 Å². The number of nitro groups is 1. The number of hydrogen-bond donors (Lipinski definition) is 3. The van der Waals surface area contributed by atoms with E-state index in [4.69, 9.17) is 16.7 Å². The van der Waals surface area contributed by atoms with Gasteiger partial charge in [-0.15, -0.1) is 0 Å². The fraction of sp³-hybridized carbons (Fsp3) is 0.214. The standard InChI is InChI=1S/C14H14ClN5O6S/c15-14-17-8-11(13(21)22)12(19-14)16-5-2-6-18-27(25,26)10-4-1-3-9(7-10)20(23)24/h1,3-4,7-8,18H,2,5-6H2,(H,21,22)(H,16,17,19). The van der Waals surface area contributed by atoms with Gasteiger partial charge in [-0.25, -0.2) is 22.9 Å². The van der Waals surface area contributed by atoms with Crippen LogP contribution in [0.5, 0.6) is 0 Å². The third-order valence-corrected chi connectivity index (χ3v) is 4.91. The molecule has 0 saturated carbocycles. The van der Waals surface area contributed by atoms with Crippen molar-refractivity contribution >= 4 is 39.1 Å². The van der Waals surface area contributed by atoms with Crippen molar-refractivity contribution in [2.45, 2.75) is 11.3 Å². The third kappa shape index (κ3) is 5.57. The van der Waals surface area contributed by atoms with Gasteiger partial charge < -0.3 is 10.4 Å². The van der Waals surface area contributed by atoms with Crippen LogP contribution in [-0.4, -0.2) is 47.5 Å². The number of carboxylic acid groups (broad SMARTS) is 1. The smallest absolute Gasteiger partial charge is 0.341 e. The van der Waals surface area contributed by atoms with Gasteiger partial charge in [0.1, 0.15) is 11.4 Å². The summed E-state index contributed by atoms with van der Waals surface area (Å²) in [4.78, 5) is 28.3. The lowest BCUT2D eigenvalue weighted by atomic mass is 10.3. The first-order chi connectivity index (χ1) is 12.7. The molecule has 0 atom stereocenters. The summed E-state index contributed by atoms with van der Waals surface area (Å²) in [5.41, 5.74) is -0.502. The molecular weight excluding hydrogens is 402 g/mol. The lowest BCUT2D eigenvalue weighted by molar-refractivity contribution is -0.385. The van der Waals surface area contributed by atoms with Crippen molar-refractivity contribution in [1.82, 2.24) is 14.7 Å². The van der Waals surface area contributed by atoms with Crippen LogP contribution < -0.4 is 10.0 Å². The first kappa shape index (κ1) is 20.5. The second kappa shape index (κ2) is 8.70. The zero-order chi connectivity index (χ0) is 20.0. The highest BCUT2D eigenvalue weighted by Gasteiger charge is 2.17. The predicted molar refractivity (Wildman–Crippen MR) is 95.4 cm³/mol. The van der Waals surface area contributed by atoms with E-state index in [1.54, 1.807) is 0 Å². The third-order valence-electron chi connectivity index (χ3n) is 3.27. The topological polar surface area (TPSA) is 164 Å². The Morgan fingerprint density at radius 3 is 2.74 bits per heavy atom. The Hall–Kier alpha value is -2.83. The molecule has 27 heavy (non-hydrogen) atoms. The summed E-state index contributed by atoms with van der Waals surface area (Å²) in [5, 5.41) is 22.4. The number of sulfonamides is 1. The van der Waals surface area contributed by atoms with Gasteiger partial charge in [0.2, 0.25) is 15.3 Å². The van der Waals surface area contributed by atoms with Crippen LogP contribution in [0.25, 0.3) is 0 Å². The van der Waals surface area contributed by atoms with Crippen LogP contribution in [0.15, 0.2) is 35.4 Å². The summed E-state index contributed by atoms with van der Waals surface area (Å²) in [6.45, 7) is 0.213. The Labute approximate surface area is 158 Å². The predicted octanol–water partition coefficient (Wildman–Crippen LogP) is 1.52. The van der Waals surface area contributed by atoms with Crippen molar-refractivity contribution in [1.29, 1.82) is 0 Å². The number of aromatic nitrogens is 2. The van der Waals surface area contributed by atoms with Crippen LogP contribution in [0, 0.1) is 10.1 Å². The molecule has 2 rings (SSSR count). The number of nitro benzene ring substituents is 1. The van der Waals surface area contributed by atoms with Gasteiger partial charge in [-0.3, -0.25) is 10.1 Å². The summed E-state index contributed by atoms with van der Waals surface area (Å²) in [6, 6.07) is 4.68. The van der Waals surface area contributed by atoms with Crippen molar-refractivity contribution in [2.75, 3.05) is 18.4 Å². The fourth-order valence-corrected chi connectivity index (χ4v) is 3.25. The molecule has 1 aromatic heterocycles. The van der Waals surface area contributed by atoms with Gasteiger partial charge in [-0.05, 0) is 24.1 Å². The molecule has 0 unspecified atom stereocenters. The Balaban J connectivity index is 1.92. The summed E-state index contributed by atoms with van der Waals surface area (Å²) < 4.78 is 26.6. The van der Waals surface area contributed by atoms with E-state index in [1.807, 2.05) is 0 Å². The Morgan fingerprint density at radius 1 is 1.33 bits per heavy atom. The van der Waals surface area contributed by atoms with Crippen molar-refractivity contribution < 1.29 is 23.2 Å². The molecule has 0 fully saturated rings. The number of nitrogens with zero attached hydrogens (tertiary/aromatic N) is 3. The molecule has 144 valence electrons. The number of halogens is 1. The monoisotopic (exact) mass is 415 g/mol. The number of benzene rings is 1. The van der Waals surface area contributed by atoms with Crippen LogP contribution in [0.4, 0.5) is 11.5 Å². The molecular formula is C14H14ClN5O6S. The number of aromatic carboxylic acids is 1. The van der Waals surface area contributed by atoms with Gasteiger partial charge >= 0.3 is 5.97 Å². The molecule has 0 amide bonds. The molecule has 1 heterocycles. The molecule has 0 spiro atoms. The second-order valence-corrected chi connectivity index (χ2v) is 7.24. The molecule has 0 bridgehead atoms. The number of anilines is 1. The summed E-state index contributed by atoms with van der Waals surface area (Å²) in [6.07, 6.45) is 1.35. The van der Waals surface area contributed by atoms with E-state index >= 15 is 0 Å². The van der Waals surface area contributed by atoms with E-state index in [0.29, 0.717) is 0 Å². The van der Waals surface area contributed by atoms with Crippen molar-refractivity contribution in [3.63, 3.8) is 0 Å². The summed E-state index contributed by atoms with van der Waals surface area (Å²) in [7, 11) is -3.91. The van der Waals surface area contributed by atoms with Gasteiger partial charge in [-0.2, -0.15) is 4.98 Å². The summed E-state index contributed by atoms with van der Waals surface area (Å²) in [5.74, 6) is -1.22. The number of nitrogens with one attached hydrogen (secondary N) is 2. The van der Waals surface area contributed by atoms with Gasteiger partial charge in [-0.1, -0.05) is 6.07 Å². The number of carboxylic acids is 1. The lowest BCUT2D eigenvalue weighted by Gasteiger charge is -2.09. The molecule has 11 nitrogen and oxygen atoms in total. The highest BCUT2D eigenvalue weighted by atomic mass is 35.5. The van der Waals surface area contributed by atoms with Crippen LogP contribution in [0.1, 0.15) is 16.8 Å². The number of carbonyl (C=O) groups is 1. The van der Waals surface area contributed by atoms with Gasteiger partial charge in [0, 0.05) is 31.4 Å². The minimum Gasteiger partial charge on any atom is -0.477 e. The van der Waals surface area contributed by atoms with E-state index in [9.17, 15) is 23.3 Å². The van der Waals surface area contributed by atoms with E-state index in [1.165, 1.54) is 18.2 Å². The number of rotatable bonds is 9. The summed E-state index contributed by atoms with van der Waals surface area (Å²) >= 11 is 5.63. The highest BCUT2D eigenvalue weighted by molar-refractivity contribution is 7.89. The maximum Gasteiger partial charge on any atom is 0.341 e. The van der Waals surface area contributed by atoms with Crippen molar-refractivity contribution in [3.8, 4) is 0 Å². The molecule has 0 aliphatic carbocycles. The Bertz CT molecular complexity index is 968. The molecule has 0 aliphatic rings. The average molecular weight is 416 g/mol. The average Bonchev–Trinajstić information content (AvgIpc) is 2.61. The Morgan fingerprint density at radius 2 is 2.07 bits per heavy atom. The van der Waals surface area contributed by atoms with E-state index < -0.39 is 20.9 Å². The molecule has 1 aromatic carbocycles. The van der Waals surface area contributed by atoms with E-state index in [-0.39, 0.29) is 46.8 Å². The molecule has 13 heteroatoms. The molecule has 0 aliphatic heterocycles. The lowest BCUT2D eigenvalue weighted by Crippen LogP contribution is -2.26. The van der Waals surface area contributed by atoms with Gasteiger partial charge in [0.25, 0.3) is 5.69 Å². The largest absolute Gasteiger partial charge is 0.477 e. The van der Waals surface area contributed by atoms with Crippen LogP contribution in [-0.2, 0) is 10.0 Å². The first-order valence-electron chi connectivity index (χ1n) is 7.44. The molecule has 0 saturated heterocycles. The normalized spacial score (nSPS) is 11.1. The maximum absolute atomic E-state index is 12.2. The zero-order valence-corrected chi connectivity index (χ0v) is 15.2. The maximum atomic E-state index is 12.2.